The number of hydrogen-bond acceptors (Lipinski definition) is 3. The van der Waals surface area contributed by atoms with Crippen LogP contribution < -0.4 is 5.32 Å². The zero-order valence-corrected chi connectivity index (χ0v) is 12.3. The molecular formula is C15H19N3O3. The third-order valence-electron chi connectivity index (χ3n) is 3.41. The molecule has 6 nitrogen and oxygen atoms in total. The van der Waals surface area contributed by atoms with Crippen LogP contribution in [0, 0.1) is 5.41 Å². The SMILES string of the molecule is CC(C)(C)C(CC(=O)O)NC(=O)c1n[nH]c2ccccc12. The van der Waals surface area contributed by atoms with E-state index in [-0.39, 0.29) is 23.4 Å². The first-order chi connectivity index (χ1) is 9.79. The topological polar surface area (TPSA) is 95.1 Å². The predicted octanol–water partition coefficient (Wildman–Crippen LogP) is 2.18. The van der Waals surface area contributed by atoms with E-state index >= 15 is 0 Å². The largest absolute Gasteiger partial charge is 0.481 e. The van der Waals surface area contributed by atoms with E-state index in [9.17, 15) is 9.59 Å². The molecule has 0 spiro atoms. The molecule has 6 heteroatoms. The van der Waals surface area contributed by atoms with Gasteiger partial charge in [0.1, 0.15) is 0 Å². The van der Waals surface area contributed by atoms with Gasteiger partial charge in [-0.2, -0.15) is 5.10 Å². The second-order valence-electron chi connectivity index (χ2n) is 6.11. The smallest absolute Gasteiger partial charge is 0.305 e. The van der Waals surface area contributed by atoms with Gasteiger partial charge in [-0.3, -0.25) is 14.7 Å². The molecule has 1 heterocycles. The molecule has 1 amide bonds. The van der Waals surface area contributed by atoms with Crippen LogP contribution in [0.1, 0.15) is 37.7 Å². The van der Waals surface area contributed by atoms with E-state index < -0.39 is 12.0 Å². The molecule has 112 valence electrons. The summed E-state index contributed by atoms with van der Waals surface area (Å²) in [5.74, 6) is -1.31. The molecule has 1 atom stereocenters. The number of aromatic amines is 1. The van der Waals surface area contributed by atoms with Crippen molar-refractivity contribution in [1.82, 2.24) is 15.5 Å². The van der Waals surface area contributed by atoms with Crippen LogP contribution in [0.25, 0.3) is 10.9 Å². The fourth-order valence-electron chi connectivity index (χ4n) is 2.11. The second-order valence-corrected chi connectivity index (χ2v) is 6.11. The Labute approximate surface area is 122 Å². The molecule has 0 radical (unpaired) electrons. The van der Waals surface area contributed by atoms with Crippen molar-refractivity contribution in [3.8, 4) is 0 Å². The van der Waals surface area contributed by atoms with Gasteiger partial charge in [-0.05, 0) is 11.5 Å². The second kappa shape index (κ2) is 5.55. The lowest BCUT2D eigenvalue weighted by Gasteiger charge is -2.30. The molecule has 21 heavy (non-hydrogen) atoms. The first kappa shape index (κ1) is 15.0. The zero-order valence-electron chi connectivity index (χ0n) is 12.3. The third kappa shape index (κ3) is 3.39. The van der Waals surface area contributed by atoms with Crippen LogP contribution in [0.15, 0.2) is 24.3 Å². The minimum Gasteiger partial charge on any atom is -0.481 e. The maximum absolute atomic E-state index is 12.4. The minimum absolute atomic E-state index is 0.127. The summed E-state index contributed by atoms with van der Waals surface area (Å²) in [4.78, 5) is 23.3. The average Bonchev–Trinajstić information content (AvgIpc) is 2.80. The standard InChI is InChI=1S/C15H19N3O3/c1-15(2,3)11(8-12(19)20)16-14(21)13-9-6-4-5-7-10(9)17-18-13/h4-7,11H,8H2,1-3H3,(H,16,21)(H,17,18)(H,19,20). The summed E-state index contributed by atoms with van der Waals surface area (Å²) >= 11 is 0. The molecule has 1 aromatic carbocycles. The average molecular weight is 289 g/mol. The lowest BCUT2D eigenvalue weighted by atomic mass is 9.84. The highest BCUT2D eigenvalue weighted by Gasteiger charge is 2.29. The van der Waals surface area contributed by atoms with Gasteiger partial charge in [0.15, 0.2) is 5.69 Å². The summed E-state index contributed by atoms with van der Waals surface area (Å²) in [6, 6.07) is 6.84. The van der Waals surface area contributed by atoms with Gasteiger partial charge in [-0.1, -0.05) is 39.0 Å². The number of hydrogen-bond donors (Lipinski definition) is 3. The number of amides is 1. The van der Waals surface area contributed by atoms with Crippen LogP contribution in [0.4, 0.5) is 0 Å². The highest BCUT2D eigenvalue weighted by molar-refractivity contribution is 6.04. The summed E-state index contributed by atoms with van der Waals surface area (Å²) < 4.78 is 0. The summed E-state index contributed by atoms with van der Waals surface area (Å²) in [7, 11) is 0. The highest BCUT2D eigenvalue weighted by atomic mass is 16.4. The van der Waals surface area contributed by atoms with Crippen molar-refractivity contribution < 1.29 is 14.7 Å². The summed E-state index contributed by atoms with van der Waals surface area (Å²) in [6.45, 7) is 5.68. The molecule has 1 unspecified atom stereocenters. The van der Waals surface area contributed by atoms with Crippen LogP contribution in [0.3, 0.4) is 0 Å². The van der Waals surface area contributed by atoms with Gasteiger partial charge >= 0.3 is 5.97 Å². The van der Waals surface area contributed by atoms with Crippen LogP contribution in [0.2, 0.25) is 0 Å². The number of carboxylic acid groups (broad SMARTS) is 1. The molecule has 0 aliphatic heterocycles. The van der Waals surface area contributed by atoms with Crippen LogP contribution >= 0.6 is 0 Å². The number of carbonyl (C=O) groups is 2. The quantitative estimate of drug-likeness (QED) is 0.804. The van der Waals surface area contributed by atoms with Crippen molar-refractivity contribution in [3.63, 3.8) is 0 Å². The number of aromatic nitrogens is 2. The van der Waals surface area contributed by atoms with E-state index in [0.717, 1.165) is 10.9 Å². The summed E-state index contributed by atoms with van der Waals surface area (Å²) in [6.07, 6.45) is -0.127. The number of fused-ring (bicyclic) bond motifs is 1. The van der Waals surface area contributed by atoms with E-state index in [0.29, 0.717) is 0 Å². The van der Waals surface area contributed by atoms with Crippen LogP contribution in [-0.2, 0) is 4.79 Å². The first-order valence-electron chi connectivity index (χ1n) is 6.75. The fourth-order valence-corrected chi connectivity index (χ4v) is 2.11. The van der Waals surface area contributed by atoms with E-state index in [2.05, 4.69) is 15.5 Å². The molecule has 2 rings (SSSR count). The molecule has 1 aromatic heterocycles. The van der Waals surface area contributed by atoms with Crippen molar-refractivity contribution in [1.29, 1.82) is 0 Å². The normalized spacial score (nSPS) is 13.1. The molecule has 0 aliphatic rings. The number of para-hydroxylation sites is 1. The van der Waals surface area contributed by atoms with Gasteiger partial charge in [0, 0.05) is 11.4 Å². The molecule has 3 N–H and O–H groups in total. The first-order valence-corrected chi connectivity index (χ1v) is 6.75. The number of nitrogens with zero attached hydrogens (tertiary/aromatic N) is 1. The Balaban J connectivity index is 2.25. The van der Waals surface area contributed by atoms with Crippen molar-refractivity contribution >= 4 is 22.8 Å². The van der Waals surface area contributed by atoms with E-state index in [1.807, 2.05) is 39.0 Å². The zero-order chi connectivity index (χ0) is 15.6. The monoisotopic (exact) mass is 289 g/mol. The number of benzene rings is 1. The summed E-state index contributed by atoms with van der Waals surface area (Å²) in [5, 5.41) is 19.3. The Morgan fingerprint density at radius 1 is 1.33 bits per heavy atom. The number of rotatable bonds is 4. The molecule has 2 aromatic rings. The highest BCUT2D eigenvalue weighted by Crippen LogP contribution is 2.23. The Hall–Kier alpha value is -2.37. The predicted molar refractivity (Wildman–Crippen MR) is 79.1 cm³/mol. The van der Waals surface area contributed by atoms with Crippen molar-refractivity contribution in [2.75, 3.05) is 0 Å². The molecule has 0 saturated heterocycles. The van der Waals surface area contributed by atoms with Gasteiger partial charge in [0.2, 0.25) is 0 Å². The number of H-pyrrole nitrogens is 1. The number of nitrogens with one attached hydrogen (secondary N) is 2. The maximum atomic E-state index is 12.4. The Morgan fingerprint density at radius 2 is 2.00 bits per heavy atom. The van der Waals surface area contributed by atoms with E-state index in [4.69, 9.17) is 5.11 Å². The number of carbonyl (C=O) groups excluding carboxylic acids is 1. The van der Waals surface area contributed by atoms with Crippen molar-refractivity contribution in [3.05, 3.63) is 30.0 Å². The van der Waals surface area contributed by atoms with Crippen LogP contribution in [0.5, 0.6) is 0 Å². The van der Waals surface area contributed by atoms with E-state index in [1.54, 1.807) is 6.07 Å². The van der Waals surface area contributed by atoms with Gasteiger partial charge in [0.25, 0.3) is 5.91 Å². The Kier molecular flexibility index (Phi) is 3.97. The Morgan fingerprint density at radius 3 is 2.62 bits per heavy atom. The lowest BCUT2D eigenvalue weighted by Crippen LogP contribution is -2.45. The number of aliphatic carboxylic acids is 1. The molecule has 0 bridgehead atoms. The lowest BCUT2D eigenvalue weighted by molar-refractivity contribution is -0.138. The van der Waals surface area contributed by atoms with Crippen molar-refractivity contribution in [2.24, 2.45) is 5.41 Å². The van der Waals surface area contributed by atoms with Gasteiger partial charge in [-0.25, -0.2) is 0 Å². The maximum Gasteiger partial charge on any atom is 0.305 e. The van der Waals surface area contributed by atoms with Gasteiger partial charge in [0.05, 0.1) is 11.9 Å². The van der Waals surface area contributed by atoms with Crippen molar-refractivity contribution in [2.45, 2.75) is 33.2 Å². The van der Waals surface area contributed by atoms with Gasteiger partial charge < -0.3 is 10.4 Å². The molecule has 0 saturated carbocycles. The fraction of sp³-hybridized carbons (Fsp3) is 0.400. The molecule has 0 aliphatic carbocycles. The summed E-state index contributed by atoms with van der Waals surface area (Å²) in [5.41, 5.74) is 0.693. The Bertz CT molecular complexity index is 670. The van der Waals surface area contributed by atoms with Gasteiger partial charge in [-0.15, -0.1) is 0 Å². The number of carboxylic acids is 1. The van der Waals surface area contributed by atoms with E-state index in [1.165, 1.54) is 0 Å². The molecule has 0 fully saturated rings. The minimum atomic E-state index is -0.942. The molecular weight excluding hydrogens is 270 g/mol. The third-order valence-corrected chi connectivity index (χ3v) is 3.41. The van der Waals surface area contributed by atoms with Crippen LogP contribution in [-0.4, -0.2) is 33.2 Å².